The first-order valence-electron chi connectivity index (χ1n) is 2.73. The van der Waals surface area contributed by atoms with Crippen LogP contribution in [0.15, 0.2) is 0 Å². The van der Waals surface area contributed by atoms with Crippen LogP contribution < -0.4 is 5.90 Å². The van der Waals surface area contributed by atoms with E-state index in [-0.39, 0.29) is 0 Å². The first-order valence-corrected chi connectivity index (χ1v) is 2.73. The highest BCUT2D eigenvalue weighted by Gasteiger charge is 2.04. The van der Waals surface area contributed by atoms with Crippen LogP contribution in [0.4, 0.5) is 0 Å². The molecule has 0 atom stereocenters. The lowest BCUT2D eigenvalue weighted by atomic mass is 10.6. The van der Waals surface area contributed by atoms with Crippen LogP contribution in [0, 0.1) is 11.8 Å². The van der Waals surface area contributed by atoms with E-state index in [9.17, 15) is 0 Å². The van der Waals surface area contributed by atoms with E-state index in [4.69, 9.17) is 19.8 Å². The van der Waals surface area contributed by atoms with Gasteiger partial charge in [-0.3, -0.25) is 4.84 Å². The van der Waals surface area contributed by atoms with Crippen LogP contribution in [-0.4, -0.2) is 28.8 Å². The predicted octanol–water partition coefficient (Wildman–Crippen LogP) is -0.944. The summed E-state index contributed by atoms with van der Waals surface area (Å²) in [6, 6.07) is 0. The van der Waals surface area contributed by atoms with Crippen molar-refractivity contribution < 1.29 is 24.6 Å². The maximum Gasteiger partial charge on any atom is 0.414 e. The molecule has 0 amide bonds. The molecule has 0 aliphatic rings. The Morgan fingerprint density at radius 1 is 1.42 bits per heavy atom. The minimum absolute atomic E-state index is 0.330. The molecule has 0 bridgehead atoms. The molecular formula is C6H9NO5. The number of aliphatic carboxylic acids is 2. The van der Waals surface area contributed by atoms with Gasteiger partial charge < -0.3 is 10.2 Å². The fourth-order valence-corrected chi connectivity index (χ4v) is 0.114. The van der Waals surface area contributed by atoms with Gasteiger partial charge in [0.15, 0.2) is 0 Å². The molecule has 6 heteroatoms. The van der Waals surface area contributed by atoms with E-state index >= 15 is 0 Å². The Hall–Kier alpha value is -1.58. The molecular weight excluding hydrogens is 166 g/mol. The molecule has 0 aromatic heterocycles. The van der Waals surface area contributed by atoms with Gasteiger partial charge in [-0.15, -0.1) is 5.92 Å². The zero-order valence-electron chi connectivity index (χ0n) is 6.40. The Bertz CT molecular complexity index is 190. The van der Waals surface area contributed by atoms with Crippen molar-refractivity contribution in [2.45, 2.75) is 6.92 Å². The molecule has 0 aromatic carbocycles. The number of nitrogens with two attached hydrogens (primary N) is 1. The van der Waals surface area contributed by atoms with Crippen molar-refractivity contribution in [2.24, 2.45) is 5.90 Å². The number of rotatable bonds is 1. The molecule has 68 valence electrons. The third-order valence-electron chi connectivity index (χ3n) is 0.515. The molecule has 6 nitrogen and oxygen atoms in total. The maximum atomic E-state index is 9.10. The third kappa shape index (κ3) is 15.8. The molecule has 0 saturated heterocycles. The van der Waals surface area contributed by atoms with Gasteiger partial charge in [0.1, 0.15) is 6.61 Å². The lowest BCUT2D eigenvalue weighted by Crippen LogP contribution is -2.09. The maximum absolute atomic E-state index is 9.10. The van der Waals surface area contributed by atoms with Gasteiger partial charge in [0.25, 0.3) is 0 Å². The summed E-state index contributed by atoms with van der Waals surface area (Å²) in [5.74, 6) is 6.18. The summed E-state index contributed by atoms with van der Waals surface area (Å²) in [6.07, 6.45) is 0. The quantitative estimate of drug-likeness (QED) is 0.269. The van der Waals surface area contributed by atoms with Crippen molar-refractivity contribution >= 4 is 11.9 Å². The number of carbonyl (C=O) groups is 2. The van der Waals surface area contributed by atoms with Crippen molar-refractivity contribution in [1.29, 1.82) is 0 Å². The van der Waals surface area contributed by atoms with Gasteiger partial charge in [-0.25, -0.2) is 15.5 Å². The van der Waals surface area contributed by atoms with Gasteiger partial charge >= 0.3 is 11.9 Å². The number of hydrogen-bond acceptors (Lipinski definition) is 4. The Morgan fingerprint density at radius 2 is 1.83 bits per heavy atom. The standard InChI is InChI=1S/C4H7NO.C2H2O4/c1-2-3-4-6-5;3-1(4)2(5)6/h4-5H2,1H3;(H,3,4)(H,5,6). The van der Waals surface area contributed by atoms with Crippen LogP contribution >= 0.6 is 0 Å². The van der Waals surface area contributed by atoms with Crippen molar-refractivity contribution in [3.05, 3.63) is 0 Å². The van der Waals surface area contributed by atoms with Gasteiger partial charge in [-0.05, 0) is 6.92 Å². The van der Waals surface area contributed by atoms with Crippen LogP contribution in [0.25, 0.3) is 0 Å². The van der Waals surface area contributed by atoms with Crippen LogP contribution in [0.2, 0.25) is 0 Å². The van der Waals surface area contributed by atoms with E-state index in [0.717, 1.165) is 0 Å². The summed E-state index contributed by atoms with van der Waals surface area (Å²) >= 11 is 0. The van der Waals surface area contributed by atoms with Crippen LogP contribution in [0.5, 0.6) is 0 Å². The zero-order valence-corrected chi connectivity index (χ0v) is 6.40. The second-order valence-corrected chi connectivity index (χ2v) is 1.35. The molecule has 0 saturated carbocycles. The Balaban J connectivity index is 0. The molecule has 0 radical (unpaired) electrons. The van der Waals surface area contributed by atoms with Crippen molar-refractivity contribution in [3.8, 4) is 11.8 Å². The monoisotopic (exact) mass is 175 g/mol. The number of hydrogen-bond donors (Lipinski definition) is 3. The zero-order chi connectivity index (χ0) is 9.98. The second-order valence-electron chi connectivity index (χ2n) is 1.35. The van der Waals surface area contributed by atoms with Crippen LogP contribution in [-0.2, 0) is 14.4 Å². The predicted molar refractivity (Wildman–Crippen MR) is 38.9 cm³/mol. The largest absolute Gasteiger partial charge is 0.473 e. The first kappa shape index (κ1) is 13.0. The van der Waals surface area contributed by atoms with Gasteiger partial charge in [0.2, 0.25) is 0 Å². The fraction of sp³-hybridized carbons (Fsp3) is 0.333. The van der Waals surface area contributed by atoms with E-state index in [2.05, 4.69) is 22.6 Å². The van der Waals surface area contributed by atoms with Gasteiger partial charge in [0, 0.05) is 0 Å². The van der Waals surface area contributed by atoms with Gasteiger partial charge in [0.05, 0.1) is 0 Å². The minimum Gasteiger partial charge on any atom is -0.473 e. The average Bonchev–Trinajstić information content (AvgIpc) is 2.02. The summed E-state index contributed by atoms with van der Waals surface area (Å²) in [6.45, 7) is 2.06. The van der Waals surface area contributed by atoms with Crippen LogP contribution in [0.3, 0.4) is 0 Å². The van der Waals surface area contributed by atoms with Crippen LogP contribution in [0.1, 0.15) is 6.92 Å². The third-order valence-corrected chi connectivity index (χ3v) is 0.515. The Labute approximate surface area is 68.9 Å². The van der Waals surface area contributed by atoms with E-state index in [0.29, 0.717) is 6.61 Å². The van der Waals surface area contributed by atoms with E-state index in [1.807, 2.05) is 0 Å². The smallest absolute Gasteiger partial charge is 0.414 e. The SMILES string of the molecule is CC#CCON.O=C(O)C(=O)O. The summed E-state index contributed by atoms with van der Waals surface area (Å²) in [5, 5.41) is 14.8. The topological polar surface area (TPSA) is 110 Å². The van der Waals surface area contributed by atoms with E-state index < -0.39 is 11.9 Å². The fourth-order valence-electron chi connectivity index (χ4n) is 0.114. The highest BCUT2D eigenvalue weighted by molar-refractivity contribution is 6.27. The lowest BCUT2D eigenvalue weighted by molar-refractivity contribution is -0.159. The molecule has 0 aliphatic heterocycles. The number of carboxylic acids is 2. The molecule has 0 spiro atoms. The molecule has 0 fully saturated rings. The summed E-state index contributed by atoms with van der Waals surface area (Å²) < 4.78 is 0. The highest BCUT2D eigenvalue weighted by Crippen LogP contribution is 1.56. The number of carboxylic acid groups (broad SMARTS) is 2. The molecule has 0 aliphatic carbocycles. The second kappa shape index (κ2) is 9.42. The van der Waals surface area contributed by atoms with Gasteiger partial charge in [-0.1, -0.05) is 5.92 Å². The van der Waals surface area contributed by atoms with Crippen molar-refractivity contribution in [2.75, 3.05) is 6.61 Å². The van der Waals surface area contributed by atoms with Crippen molar-refractivity contribution in [1.82, 2.24) is 0 Å². The normalized spacial score (nSPS) is 6.83. The summed E-state index contributed by atoms with van der Waals surface area (Å²) in [5.41, 5.74) is 0. The highest BCUT2D eigenvalue weighted by atomic mass is 16.6. The molecule has 0 rings (SSSR count). The van der Waals surface area contributed by atoms with Gasteiger partial charge in [-0.2, -0.15) is 0 Å². The molecule has 0 unspecified atom stereocenters. The van der Waals surface area contributed by atoms with E-state index in [1.165, 1.54) is 0 Å². The summed E-state index contributed by atoms with van der Waals surface area (Å²) in [4.78, 5) is 22.3. The Morgan fingerprint density at radius 3 is 1.92 bits per heavy atom. The minimum atomic E-state index is -1.82. The molecule has 12 heavy (non-hydrogen) atoms. The Kier molecular flexibility index (Phi) is 10.2. The molecule has 0 heterocycles. The lowest BCUT2D eigenvalue weighted by Gasteiger charge is -1.77. The first-order chi connectivity index (χ1) is 5.56. The summed E-state index contributed by atoms with van der Waals surface area (Å²) in [7, 11) is 0. The van der Waals surface area contributed by atoms with E-state index in [1.54, 1.807) is 6.92 Å². The average molecular weight is 175 g/mol. The van der Waals surface area contributed by atoms with Crippen molar-refractivity contribution in [3.63, 3.8) is 0 Å². The molecule has 0 aromatic rings. The molecule has 4 N–H and O–H groups in total.